The summed E-state index contributed by atoms with van der Waals surface area (Å²) < 4.78 is 16.4. The lowest BCUT2D eigenvalue weighted by molar-refractivity contribution is -0.117. The molecule has 0 aliphatic carbocycles. The van der Waals surface area contributed by atoms with Crippen molar-refractivity contribution < 1.29 is 18.7 Å². The van der Waals surface area contributed by atoms with Crippen molar-refractivity contribution in [2.45, 2.75) is 6.54 Å². The van der Waals surface area contributed by atoms with E-state index in [0.717, 1.165) is 11.3 Å². The van der Waals surface area contributed by atoms with E-state index in [4.69, 9.17) is 13.9 Å². The van der Waals surface area contributed by atoms with Crippen LogP contribution in [0.2, 0.25) is 0 Å². The molecule has 29 heavy (non-hydrogen) atoms. The van der Waals surface area contributed by atoms with Crippen molar-refractivity contribution >= 4 is 12.0 Å². The maximum atomic E-state index is 12.2. The van der Waals surface area contributed by atoms with Crippen molar-refractivity contribution in [3.05, 3.63) is 89.9 Å². The van der Waals surface area contributed by atoms with Gasteiger partial charge in [-0.25, -0.2) is 0 Å². The van der Waals surface area contributed by atoms with E-state index < -0.39 is 5.91 Å². The number of carbonyl (C=O) groups excluding carboxylic acids is 1. The number of nitriles is 1. The summed E-state index contributed by atoms with van der Waals surface area (Å²) in [6, 6.07) is 22.1. The van der Waals surface area contributed by atoms with E-state index in [1.165, 1.54) is 12.3 Å². The van der Waals surface area contributed by atoms with E-state index in [1.54, 1.807) is 36.4 Å². The van der Waals surface area contributed by atoms with Gasteiger partial charge >= 0.3 is 0 Å². The van der Waals surface area contributed by atoms with Crippen molar-refractivity contribution in [2.24, 2.45) is 0 Å². The third-order valence-corrected chi connectivity index (χ3v) is 3.92. The number of benzene rings is 2. The molecule has 0 saturated carbocycles. The van der Waals surface area contributed by atoms with Gasteiger partial charge in [-0.05, 0) is 48.0 Å². The van der Waals surface area contributed by atoms with Gasteiger partial charge in [-0.2, -0.15) is 5.26 Å². The number of amides is 1. The van der Waals surface area contributed by atoms with Crippen LogP contribution in [0.1, 0.15) is 11.3 Å². The molecule has 6 heteroatoms. The number of nitrogens with one attached hydrogen (secondary N) is 1. The van der Waals surface area contributed by atoms with E-state index >= 15 is 0 Å². The first-order chi connectivity index (χ1) is 14.2. The Balaban J connectivity index is 1.48. The fourth-order valence-corrected chi connectivity index (χ4v) is 2.49. The van der Waals surface area contributed by atoms with Crippen LogP contribution in [0.25, 0.3) is 6.08 Å². The van der Waals surface area contributed by atoms with Gasteiger partial charge in [0.05, 0.1) is 12.8 Å². The zero-order chi connectivity index (χ0) is 20.3. The predicted octanol–water partition coefficient (Wildman–Crippen LogP) is 3.96. The van der Waals surface area contributed by atoms with Gasteiger partial charge in [0.15, 0.2) is 0 Å². The van der Waals surface area contributed by atoms with Crippen LogP contribution in [-0.4, -0.2) is 19.1 Å². The van der Waals surface area contributed by atoms with Crippen LogP contribution in [-0.2, 0) is 11.3 Å². The molecule has 0 aliphatic rings. The number of para-hydroxylation sites is 1. The normalized spacial score (nSPS) is 10.8. The second-order valence-corrected chi connectivity index (χ2v) is 6.01. The molecule has 1 N–H and O–H groups in total. The molecule has 146 valence electrons. The third-order valence-electron chi connectivity index (χ3n) is 3.92. The summed E-state index contributed by atoms with van der Waals surface area (Å²) in [5.41, 5.74) is 0.740. The fourth-order valence-electron chi connectivity index (χ4n) is 2.49. The Morgan fingerprint density at radius 2 is 1.66 bits per heavy atom. The summed E-state index contributed by atoms with van der Waals surface area (Å²) in [6.07, 6.45) is 3.06. The fraction of sp³-hybridized carbons (Fsp3) is 0.130. The van der Waals surface area contributed by atoms with Gasteiger partial charge in [-0.3, -0.25) is 4.79 Å². The maximum Gasteiger partial charge on any atom is 0.262 e. The molecular weight excluding hydrogens is 368 g/mol. The summed E-state index contributed by atoms with van der Waals surface area (Å²) >= 11 is 0. The molecule has 0 aliphatic heterocycles. The average molecular weight is 388 g/mol. The van der Waals surface area contributed by atoms with Crippen LogP contribution in [0.5, 0.6) is 11.5 Å². The second-order valence-electron chi connectivity index (χ2n) is 6.01. The Morgan fingerprint density at radius 1 is 0.966 bits per heavy atom. The number of hydrogen-bond donors (Lipinski definition) is 1. The lowest BCUT2D eigenvalue weighted by Crippen LogP contribution is -2.23. The lowest BCUT2D eigenvalue weighted by Gasteiger charge is -2.08. The summed E-state index contributed by atoms with van der Waals surface area (Å²) in [4.78, 5) is 12.2. The van der Waals surface area contributed by atoms with Crippen molar-refractivity contribution in [1.82, 2.24) is 5.32 Å². The van der Waals surface area contributed by atoms with Crippen LogP contribution in [0.15, 0.2) is 83.0 Å². The Morgan fingerprint density at radius 3 is 2.28 bits per heavy atom. The minimum Gasteiger partial charge on any atom is -0.490 e. The molecule has 0 bridgehead atoms. The topological polar surface area (TPSA) is 84.5 Å². The Bertz CT molecular complexity index is 972. The van der Waals surface area contributed by atoms with Gasteiger partial charge in [0.25, 0.3) is 5.91 Å². The average Bonchev–Trinajstić information content (AvgIpc) is 3.29. The molecule has 0 atom stereocenters. The molecule has 0 fully saturated rings. The number of hydrogen-bond acceptors (Lipinski definition) is 5. The molecule has 0 radical (unpaired) electrons. The van der Waals surface area contributed by atoms with Gasteiger partial charge < -0.3 is 19.2 Å². The molecule has 1 aromatic heterocycles. The van der Waals surface area contributed by atoms with Crippen molar-refractivity contribution in [3.63, 3.8) is 0 Å². The van der Waals surface area contributed by atoms with Gasteiger partial charge in [0, 0.05) is 0 Å². The predicted molar refractivity (Wildman–Crippen MR) is 108 cm³/mol. The standard InChI is InChI=1S/C23H20N2O4/c24-16-19(23(26)25-17-22-7-4-12-27-22)15-18-8-10-21(11-9-18)29-14-13-28-20-5-2-1-3-6-20/h1-12,15H,13-14,17H2,(H,25,26). The lowest BCUT2D eigenvalue weighted by atomic mass is 10.1. The van der Waals surface area contributed by atoms with Gasteiger partial charge in [0.2, 0.25) is 0 Å². The highest BCUT2D eigenvalue weighted by Crippen LogP contribution is 2.15. The van der Waals surface area contributed by atoms with Crippen molar-refractivity contribution in [2.75, 3.05) is 13.2 Å². The summed E-state index contributed by atoms with van der Waals surface area (Å²) in [5, 5.41) is 11.9. The Labute approximate surface area is 169 Å². The minimum atomic E-state index is -0.456. The van der Waals surface area contributed by atoms with Gasteiger partial charge in [0.1, 0.15) is 42.1 Å². The molecule has 3 aromatic rings. The smallest absolute Gasteiger partial charge is 0.262 e. The minimum absolute atomic E-state index is 0.0153. The van der Waals surface area contributed by atoms with E-state index in [1.807, 2.05) is 36.4 Å². The molecular formula is C23H20N2O4. The Hall–Kier alpha value is -3.98. The largest absolute Gasteiger partial charge is 0.490 e. The summed E-state index contributed by atoms with van der Waals surface area (Å²) in [5.74, 6) is 1.64. The van der Waals surface area contributed by atoms with E-state index in [-0.39, 0.29) is 12.1 Å². The highest BCUT2D eigenvalue weighted by atomic mass is 16.5. The zero-order valence-corrected chi connectivity index (χ0v) is 15.7. The van der Waals surface area contributed by atoms with Crippen LogP contribution in [0.3, 0.4) is 0 Å². The quantitative estimate of drug-likeness (QED) is 0.341. The van der Waals surface area contributed by atoms with Crippen LogP contribution in [0.4, 0.5) is 0 Å². The van der Waals surface area contributed by atoms with Crippen LogP contribution < -0.4 is 14.8 Å². The third kappa shape index (κ3) is 6.29. The van der Waals surface area contributed by atoms with Crippen LogP contribution >= 0.6 is 0 Å². The van der Waals surface area contributed by atoms with Crippen LogP contribution in [0, 0.1) is 11.3 Å². The molecule has 1 heterocycles. The monoisotopic (exact) mass is 388 g/mol. The highest BCUT2D eigenvalue weighted by Gasteiger charge is 2.09. The highest BCUT2D eigenvalue weighted by molar-refractivity contribution is 6.01. The Kier molecular flexibility index (Phi) is 7.08. The molecule has 6 nitrogen and oxygen atoms in total. The molecule has 0 unspecified atom stereocenters. The number of nitrogens with zero attached hydrogens (tertiary/aromatic N) is 1. The number of carbonyl (C=O) groups is 1. The van der Waals surface area contributed by atoms with E-state index in [2.05, 4.69) is 5.32 Å². The summed E-state index contributed by atoms with van der Waals surface area (Å²) in [7, 11) is 0. The van der Waals surface area contributed by atoms with Gasteiger partial charge in [-0.15, -0.1) is 0 Å². The number of ether oxygens (including phenoxy) is 2. The molecule has 1 amide bonds. The first-order valence-corrected chi connectivity index (χ1v) is 9.08. The molecule has 2 aromatic carbocycles. The second kappa shape index (κ2) is 10.4. The summed E-state index contributed by atoms with van der Waals surface area (Å²) in [6.45, 7) is 1.06. The molecule has 0 saturated heterocycles. The van der Waals surface area contributed by atoms with Gasteiger partial charge in [-0.1, -0.05) is 30.3 Å². The zero-order valence-electron chi connectivity index (χ0n) is 15.7. The molecule has 0 spiro atoms. The first-order valence-electron chi connectivity index (χ1n) is 9.08. The number of furan rings is 1. The van der Waals surface area contributed by atoms with E-state index in [9.17, 15) is 10.1 Å². The SMILES string of the molecule is N#CC(=Cc1ccc(OCCOc2ccccc2)cc1)C(=O)NCc1ccco1. The molecule has 3 rings (SSSR count). The van der Waals surface area contributed by atoms with Crippen molar-refractivity contribution in [1.29, 1.82) is 5.26 Å². The first kappa shape index (κ1) is 19.8. The maximum absolute atomic E-state index is 12.2. The number of rotatable bonds is 9. The van der Waals surface area contributed by atoms with Crippen molar-refractivity contribution in [3.8, 4) is 17.6 Å². The van der Waals surface area contributed by atoms with E-state index in [0.29, 0.717) is 24.7 Å².